The minimum absolute atomic E-state index is 0.103. The van der Waals surface area contributed by atoms with Gasteiger partial charge in [-0.2, -0.15) is 0 Å². The van der Waals surface area contributed by atoms with Crippen LogP contribution < -0.4 is 4.74 Å². The summed E-state index contributed by atoms with van der Waals surface area (Å²) in [5, 5.41) is 0. The topological polar surface area (TPSA) is 21.8 Å². The molecule has 0 amide bonds. The van der Waals surface area contributed by atoms with E-state index in [-0.39, 0.29) is 5.41 Å². The van der Waals surface area contributed by atoms with Crippen LogP contribution in [0.1, 0.15) is 59.1 Å². The Hall–Kier alpha value is -1.02. The smallest absolute Gasteiger partial charge is 0.123 e. The van der Waals surface area contributed by atoms with Crippen LogP contribution in [-0.4, -0.2) is 18.8 Å². The Morgan fingerprint density at radius 3 is 2.48 bits per heavy atom. The third-order valence-electron chi connectivity index (χ3n) is 4.29. The molecule has 0 aliphatic carbocycles. The van der Waals surface area contributed by atoms with E-state index in [9.17, 15) is 0 Å². The summed E-state index contributed by atoms with van der Waals surface area (Å²) in [5.74, 6) is 1.61. The van der Waals surface area contributed by atoms with E-state index in [0.717, 1.165) is 18.6 Å². The van der Waals surface area contributed by atoms with E-state index in [0.29, 0.717) is 24.7 Å². The fourth-order valence-electron chi connectivity index (χ4n) is 3.05. The summed E-state index contributed by atoms with van der Waals surface area (Å²) in [4.78, 5) is 0. The van der Waals surface area contributed by atoms with E-state index in [2.05, 4.69) is 52.8 Å². The lowest BCUT2D eigenvalue weighted by molar-refractivity contribution is 0.321. The van der Waals surface area contributed by atoms with Gasteiger partial charge in [0.1, 0.15) is 5.75 Å². The maximum Gasteiger partial charge on any atom is 0.123 e. The van der Waals surface area contributed by atoms with E-state index >= 15 is 0 Å². The number of epoxide rings is 1. The summed E-state index contributed by atoms with van der Waals surface area (Å²) >= 11 is 0. The van der Waals surface area contributed by atoms with Crippen molar-refractivity contribution in [3.05, 3.63) is 29.3 Å². The van der Waals surface area contributed by atoms with Crippen LogP contribution in [0.5, 0.6) is 5.75 Å². The van der Waals surface area contributed by atoms with Gasteiger partial charge in [0, 0.05) is 0 Å². The molecule has 1 fully saturated rings. The van der Waals surface area contributed by atoms with Gasteiger partial charge in [0.15, 0.2) is 0 Å². The number of benzene rings is 1. The van der Waals surface area contributed by atoms with Gasteiger partial charge in [0.25, 0.3) is 0 Å². The minimum atomic E-state index is 0.103. The second kappa shape index (κ2) is 6.39. The van der Waals surface area contributed by atoms with Crippen molar-refractivity contribution < 1.29 is 9.47 Å². The lowest BCUT2D eigenvalue weighted by Crippen LogP contribution is -2.15. The molecule has 3 atom stereocenters. The molecule has 1 heterocycles. The fraction of sp³-hybridized carbons (Fsp3) is 0.684. The van der Waals surface area contributed by atoms with Crippen molar-refractivity contribution in [2.24, 2.45) is 5.92 Å². The highest BCUT2D eigenvalue weighted by molar-refractivity contribution is 5.41. The summed E-state index contributed by atoms with van der Waals surface area (Å²) in [6, 6.07) is 6.67. The first-order valence-corrected chi connectivity index (χ1v) is 8.28. The number of hydrogen-bond donors (Lipinski definition) is 0. The molecule has 0 N–H and O–H groups in total. The third-order valence-corrected chi connectivity index (χ3v) is 4.29. The number of ether oxygens (including phenoxy) is 2. The van der Waals surface area contributed by atoms with Gasteiger partial charge in [-0.3, -0.25) is 0 Å². The van der Waals surface area contributed by atoms with E-state index in [1.165, 1.54) is 11.1 Å². The Balaban J connectivity index is 2.14. The van der Waals surface area contributed by atoms with Crippen LogP contribution >= 0.6 is 0 Å². The van der Waals surface area contributed by atoms with Crippen LogP contribution in [0.4, 0.5) is 0 Å². The fourth-order valence-corrected chi connectivity index (χ4v) is 3.05. The molecule has 118 valence electrons. The highest BCUT2D eigenvalue weighted by Crippen LogP contribution is 2.36. The minimum Gasteiger partial charge on any atom is -0.494 e. The molecule has 3 unspecified atom stereocenters. The molecule has 0 spiro atoms. The van der Waals surface area contributed by atoms with Crippen molar-refractivity contribution in [2.75, 3.05) is 6.61 Å². The summed E-state index contributed by atoms with van der Waals surface area (Å²) in [7, 11) is 0. The van der Waals surface area contributed by atoms with E-state index in [4.69, 9.17) is 9.47 Å². The zero-order valence-corrected chi connectivity index (χ0v) is 14.4. The van der Waals surface area contributed by atoms with Gasteiger partial charge < -0.3 is 9.47 Å². The lowest BCUT2D eigenvalue weighted by Gasteiger charge is -2.24. The van der Waals surface area contributed by atoms with Gasteiger partial charge >= 0.3 is 0 Å². The quantitative estimate of drug-likeness (QED) is 0.706. The summed E-state index contributed by atoms with van der Waals surface area (Å²) in [6.45, 7) is 14.0. The largest absolute Gasteiger partial charge is 0.494 e. The van der Waals surface area contributed by atoms with Crippen LogP contribution in [0.15, 0.2) is 18.2 Å². The molecule has 1 aliphatic rings. The second-order valence-corrected chi connectivity index (χ2v) is 7.24. The molecule has 0 aromatic heterocycles. The van der Waals surface area contributed by atoms with E-state index in [1.807, 2.05) is 6.92 Å². The molecular formula is C19H30O2. The first-order valence-electron chi connectivity index (χ1n) is 8.28. The monoisotopic (exact) mass is 290 g/mol. The molecule has 1 aliphatic heterocycles. The van der Waals surface area contributed by atoms with Crippen molar-refractivity contribution in [2.45, 2.75) is 72.0 Å². The average molecular weight is 290 g/mol. The third kappa shape index (κ3) is 4.00. The summed E-state index contributed by atoms with van der Waals surface area (Å²) in [5.41, 5.74) is 2.80. The van der Waals surface area contributed by atoms with Gasteiger partial charge in [0.2, 0.25) is 0 Å². The van der Waals surface area contributed by atoms with Gasteiger partial charge in [0.05, 0.1) is 18.8 Å². The molecule has 1 saturated heterocycles. The first kappa shape index (κ1) is 16.4. The maximum atomic E-state index is 5.79. The van der Waals surface area contributed by atoms with Crippen LogP contribution in [0, 0.1) is 5.92 Å². The molecule has 2 rings (SSSR count). The molecule has 2 heteroatoms. The maximum absolute atomic E-state index is 5.79. The Morgan fingerprint density at radius 2 is 1.95 bits per heavy atom. The van der Waals surface area contributed by atoms with Gasteiger partial charge in [-0.1, -0.05) is 46.8 Å². The zero-order chi connectivity index (χ0) is 15.6. The predicted molar refractivity (Wildman–Crippen MR) is 88.1 cm³/mol. The van der Waals surface area contributed by atoms with Crippen molar-refractivity contribution in [1.82, 2.24) is 0 Å². The Morgan fingerprint density at radius 1 is 1.24 bits per heavy atom. The highest BCUT2D eigenvalue weighted by Gasteiger charge is 2.41. The molecular weight excluding hydrogens is 260 g/mol. The van der Waals surface area contributed by atoms with E-state index in [1.54, 1.807) is 0 Å². The summed E-state index contributed by atoms with van der Waals surface area (Å²) in [6.07, 6.45) is 3.16. The van der Waals surface area contributed by atoms with Gasteiger partial charge in [-0.25, -0.2) is 0 Å². The molecule has 1 aromatic rings. The van der Waals surface area contributed by atoms with Crippen LogP contribution in [0.2, 0.25) is 0 Å². The Labute approximate surface area is 129 Å². The average Bonchev–Trinajstić information content (AvgIpc) is 3.19. The first-order chi connectivity index (χ1) is 9.86. The van der Waals surface area contributed by atoms with Crippen LogP contribution in [0.25, 0.3) is 0 Å². The SMILES string of the molecule is CCOc1ccc(CC(C)C2OC2CC)cc1C(C)(C)C. The lowest BCUT2D eigenvalue weighted by atomic mass is 9.84. The Bertz CT molecular complexity index is 473. The molecule has 0 radical (unpaired) electrons. The van der Waals surface area contributed by atoms with Crippen LogP contribution in [-0.2, 0) is 16.6 Å². The molecule has 21 heavy (non-hydrogen) atoms. The molecule has 2 nitrogen and oxygen atoms in total. The normalized spacial score (nSPS) is 23.0. The predicted octanol–water partition coefficient (Wildman–Crippen LogP) is 4.74. The highest BCUT2D eigenvalue weighted by atomic mass is 16.6. The van der Waals surface area contributed by atoms with E-state index < -0.39 is 0 Å². The standard InChI is InChI=1S/C19H30O2/c1-7-16-18(21-16)13(3)11-14-9-10-17(20-8-2)15(12-14)19(4,5)6/h9-10,12-13,16,18H,7-8,11H2,1-6H3. The molecule has 0 saturated carbocycles. The van der Waals surface area contributed by atoms with Crippen molar-refractivity contribution in [3.63, 3.8) is 0 Å². The zero-order valence-electron chi connectivity index (χ0n) is 14.4. The molecule has 0 bridgehead atoms. The van der Waals surface area contributed by atoms with Crippen molar-refractivity contribution >= 4 is 0 Å². The van der Waals surface area contributed by atoms with Gasteiger partial charge in [-0.05, 0) is 48.3 Å². The number of rotatable bonds is 6. The van der Waals surface area contributed by atoms with Crippen molar-refractivity contribution in [1.29, 1.82) is 0 Å². The second-order valence-electron chi connectivity index (χ2n) is 7.24. The van der Waals surface area contributed by atoms with Crippen molar-refractivity contribution in [3.8, 4) is 5.75 Å². The summed E-state index contributed by atoms with van der Waals surface area (Å²) < 4.78 is 11.5. The Kier molecular flexibility index (Phi) is 4.98. The number of hydrogen-bond acceptors (Lipinski definition) is 2. The molecule has 1 aromatic carbocycles. The van der Waals surface area contributed by atoms with Gasteiger partial charge in [-0.15, -0.1) is 0 Å². The van der Waals surface area contributed by atoms with Crippen LogP contribution in [0.3, 0.4) is 0 Å².